The molecule has 162 valence electrons. The molecule has 0 unspecified atom stereocenters. The Kier molecular flexibility index (Phi) is 9.18. The van der Waals surface area contributed by atoms with Crippen LogP contribution in [0.4, 0.5) is 0 Å². The van der Waals surface area contributed by atoms with Crippen LogP contribution in [0.1, 0.15) is 51.2 Å². The van der Waals surface area contributed by atoms with E-state index < -0.39 is 6.04 Å². The van der Waals surface area contributed by atoms with Gasteiger partial charge in [0.1, 0.15) is 11.8 Å². The molecule has 0 aromatic heterocycles. The number of nitrogens with zero attached hydrogens (tertiary/aromatic N) is 1. The molecule has 0 aliphatic carbocycles. The molecule has 0 spiro atoms. The molecule has 30 heavy (non-hydrogen) atoms. The quantitative estimate of drug-likeness (QED) is 0.589. The molecule has 0 aliphatic heterocycles. The van der Waals surface area contributed by atoms with Gasteiger partial charge >= 0.3 is 0 Å². The number of likely N-dealkylation sites (N-methyl/N-ethyl adjacent to an activating group) is 1. The Morgan fingerprint density at radius 1 is 1.07 bits per heavy atom. The maximum atomic E-state index is 13.1. The molecule has 0 saturated carbocycles. The van der Waals surface area contributed by atoms with Gasteiger partial charge in [-0.15, -0.1) is 0 Å². The van der Waals surface area contributed by atoms with E-state index in [4.69, 9.17) is 16.3 Å². The second kappa shape index (κ2) is 11.6. The minimum absolute atomic E-state index is 0.151. The van der Waals surface area contributed by atoms with Crippen molar-refractivity contribution in [1.82, 2.24) is 10.2 Å². The predicted molar refractivity (Wildman–Crippen MR) is 121 cm³/mol. The Morgan fingerprint density at radius 3 is 2.30 bits per heavy atom. The van der Waals surface area contributed by atoms with Crippen LogP contribution < -0.4 is 10.1 Å². The third-order valence-corrected chi connectivity index (χ3v) is 5.31. The van der Waals surface area contributed by atoms with E-state index in [9.17, 15) is 9.59 Å². The Bertz CT molecular complexity index is 837. The number of carbonyl (C=O) groups is 2. The van der Waals surface area contributed by atoms with Crippen LogP contribution in [0, 0.1) is 0 Å². The van der Waals surface area contributed by atoms with E-state index in [1.165, 1.54) is 5.56 Å². The van der Waals surface area contributed by atoms with E-state index in [1.54, 1.807) is 11.0 Å². The number of carbonyl (C=O) groups excluding carboxylic acids is 2. The molecule has 0 radical (unpaired) electrons. The molecule has 0 heterocycles. The van der Waals surface area contributed by atoms with Crippen LogP contribution >= 0.6 is 11.6 Å². The summed E-state index contributed by atoms with van der Waals surface area (Å²) in [5.41, 5.74) is 1.99. The molecule has 0 fully saturated rings. The van der Waals surface area contributed by atoms with Crippen LogP contribution in [0.2, 0.25) is 5.02 Å². The number of halogens is 1. The molecule has 2 aromatic carbocycles. The monoisotopic (exact) mass is 430 g/mol. The number of benzene rings is 2. The molecule has 2 rings (SSSR count). The summed E-state index contributed by atoms with van der Waals surface area (Å²) in [6.45, 7) is 8.58. The molecule has 2 aromatic rings. The minimum Gasteiger partial charge on any atom is -0.484 e. The Labute approximate surface area is 184 Å². The Balaban J connectivity index is 2.18. The highest BCUT2D eigenvalue weighted by Crippen LogP contribution is 2.21. The van der Waals surface area contributed by atoms with E-state index in [1.807, 2.05) is 56.3 Å². The van der Waals surface area contributed by atoms with Crippen molar-refractivity contribution in [2.45, 2.75) is 52.6 Å². The van der Waals surface area contributed by atoms with E-state index >= 15 is 0 Å². The van der Waals surface area contributed by atoms with Crippen molar-refractivity contribution >= 4 is 23.4 Å². The third-order valence-electron chi connectivity index (χ3n) is 4.94. The largest absolute Gasteiger partial charge is 0.484 e. The number of ether oxygens (including phenoxy) is 1. The second-order valence-electron chi connectivity index (χ2n) is 7.44. The zero-order valence-corrected chi connectivity index (χ0v) is 18.9. The van der Waals surface area contributed by atoms with Crippen LogP contribution in [-0.4, -0.2) is 35.9 Å². The lowest BCUT2D eigenvalue weighted by molar-refractivity contribution is -0.142. The van der Waals surface area contributed by atoms with Gasteiger partial charge < -0.3 is 15.0 Å². The van der Waals surface area contributed by atoms with Gasteiger partial charge in [-0.3, -0.25) is 9.59 Å². The number of amides is 2. The standard InChI is InChI=1S/C24H31ClN2O3/c1-5-22(24(29)26-6-2)27(15-19-9-7-8-10-21(19)25)23(28)16-30-20-13-11-18(12-14-20)17(3)4/h7-14,17,22H,5-6,15-16H2,1-4H3,(H,26,29)/t22-/m1/s1. The first kappa shape index (κ1) is 23.7. The van der Waals surface area contributed by atoms with Crippen molar-refractivity contribution in [3.05, 3.63) is 64.7 Å². The lowest BCUT2D eigenvalue weighted by Crippen LogP contribution is -2.50. The van der Waals surface area contributed by atoms with Gasteiger partial charge in [-0.2, -0.15) is 0 Å². The first-order valence-electron chi connectivity index (χ1n) is 10.4. The molecule has 2 amide bonds. The predicted octanol–water partition coefficient (Wildman–Crippen LogP) is 4.79. The highest BCUT2D eigenvalue weighted by molar-refractivity contribution is 6.31. The van der Waals surface area contributed by atoms with Crippen LogP contribution in [0.5, 0.6) is 5.75 Å². The van der Waals surface area contributed by atoms with Crippen LogP contribution in [0.25, 0.3) is 0 Å². The zero-order valence-electron chi connectivity index (χ0n) is 18.2. The molecule has 1 atom stereocenters. The molecular weight excluding hydrogens is 400 g/mol. The smallest absolute Gasteiger partial charge is 0.261 e. The van der Waals surface area contributed by atoms with Gasteiger partial charge in [0, 0.05) is 18.1 Å². The number of hydrogen-bond donors (Lipinski definition) is 1. The second-order valence-corrected chi connectivity index (χ2v) is 7.85. The van der Waals surface area contributed by atoms with Crippen molar-refractivity contribution in [3.8, 4) is 5.75 Å². The maximum Gasteiger partial charge on any atom is 0.261 e. The molecule has 5 nitrogen and oxygen atoms in total. The average molecular weight is 431 g/mol. The zero-order chi connectivity index (χ0) is 22.1. The summed E-state index contributed by atoms with van der Waals surface area (Å²) < 4.78 is 5.73. The summed E-state index contributed by atoms with van der Waals surface area (Å²) in [7, 11) is 0. The van der Waals surface area contributed by atoms with E-state index in [0.717, 1.165) is 5.56 Å². The number of nitrogens with one attached hydrogen (secondary N) is 1. The fourth-order valence-electron chi connectivity index (χ4n) is 3.20. The van der Waals surface area contributed by atoms with E-state index in [0.29, 0.717) is 29.7 Å². The molecule has 1 N–H and O–H groups in total. The Morgan fingerprint density at radius 2 is 1.73 bits per heavy atom. The number of rotatable bonds is 10. The lowest BCUT2D eigenvalue weighted by Gasteiger charge is -2.30. The van der Waals surface area contributed by atoms with Gasteiger partial charge in [-0.25, -0.2) is 0 Å². The van der Waals surface area contributed by atoms with E-state index in [2.05, 4.69) is 19.2 Å². The fraction of sp³-hybridized carbons (Fsp3) is 0.417. The van der Waals surface area contributed by atoms with Gasteiger partial charge in [0.15, 0.2) is 6.61 Å². The average Bonchev–Trinajstić information content (AvgIpc) is 2.73. The molecule has 6 heteroatoms. The van der Waals surface area contributed by atoms with Crippen LogP contribution in [0.15, 0.2) is 48.5 Å². The summed E-state index contributed by atoms with van der Waals surface area (Å²) in [5, 5.41) is 3.38. The SMILES string of the molecule is CCNC(=O)[C@@H](CC)N(Cc1ccccc1Cl)C(=O)COc1ccc(C(C)C)cc1. The van der Waals surface area contributed by atoms with Gasteiger partial charge in [0.2, 0.25) is 5.91 Å². The van der Waals surface area contributed by atoms with Crippen molar-refractivity contribution in [2.24, 2.45) is 0 Å². The maximum absolute atomic E-state index is 13.1. The van der Waals surface area contributed by atoms with Gasteiger partial charge in [0.25, 0.3) is 5.91 Å². The van der Waals surface area contributed by atoms with Crippen molar-refractivity contribution < 1.29 is 14.3 Å². The molecular formula is C24H31ClN2O3. The van der Waals surface area contributed by atoms with Crippen molar-refractivity contribution in [2.75, 3.05) is 13.2 Å². The molecule has 0 saturated heterocycles. The summed E-state index contributed by atoms with van der Waals surface area (Å²) >= 11 is 6.31. The first-order chi connectivity index (χ1) is 14.4. The van der Waals surface area contributed by atoms with Gasteiger partial charge in [-0.05, 0) is 48.6 Å². The molecule has 0 aliphatic rings. The van der Waals surface area contributed by atoms with Gasteiger partial charge in [-0.1, -0.05) is 62.7 Å². The summed E-state index contributed by atoms with van der Waals surface area (Å²) in [4.78, 5) is 27.2. The highest BCUT2D eigenvalue weighted by atomic mass is 35.5. The highest BCUT2D eigenvalue weighted by Gasteiger charge is 2.29. The van der Waals surface area contributed by atoms with E-state index in [-0.39, 0.29) is 25.0 Å². The fourth-order valence-corrected chi connectivity index (χ4v) is 3.39. The molecule has 0 bridgehead atoms. The van der Waals surface area contributed by atoms with Crippen molar-refractivity contribution in [1.29, 1.82) is 0 Å². The summed E-state index contributed by atoms with van der Waals surface area (Å²) in [6, 6.07) is 14.5. The lowest BCUT2D eigenvalue weighted by atomic mass is 10.0. The number of hydrogen-bond acceptors (Lipinski definition) is 3. The summed E-state index contributed by atoms with van der Waals surface area (Å²) in [5.74, 6) is 0.605. The summed E-state index contributed by atoms with van der Waals surface area (Å²) in [6.07, 6.45) is 0.491. The minimum atomic E-state index is -0.597. The topological polar surface area (TPSA) is 58.6 Å². The van der Waals surface area contributed by atoms with Crippen LogP contribution in [0.3, 0.4) is 0 Å². The van der Waals surface area contributed by atoms with Gasteiger partial charge in [0.05, 0.1) is 0 Å². The normalized spacial score (nSPS) is 11.8. The third kappa shape index (κ3) is 6.49. The first-order valence-corrected chi connectivity index (χ1v) is 10.8. The van der Waals surface area contributed by atoms with Crippen LogP contribution in [-0.2, 0) is 16.1 Å². The van der Waals surface area contributed by atoms with Crippen molar-refractivity contribution in [3.63, 3.8) is 0 Å². The Hall–Kier alpha value is -2.53.